The average molecular weight is 200 g/mol. The minimum absolute atomic E-state index is 0.172. The van der Waals surface area contributed by atoms with Gasteiger partial charge in [0.05, 0.1) is 5.41 Å². The number of hydrogen-bond donors (Lipinski definition) is 1. The Morgan fingerprint density at radius 2 is 1.71 bits per heavy atom. The second-order valence-corrected chi connectivity index (χ2v) is 5.34. The van der Waals surface area contributed by atoms with Gasteiger partial charge in [-0.25, -0.2) is 0 Å². The number of carbonyl (C=O) groups is 1. The molecule has 84 valence electrons. The van der Waals surface area contributed by atoms with Crippen molar-refractivity contribution >= 4 is 5.97 Å². The van der Waals surface area contributed by atoms with Crippen molar-refractivity contribution < 1.29 is 9.90 Å². The Morgan fingerprint density at radius 3 is 2.00 bits per heavy atom. The molecule has 0 heterocycles. The van der Waals surface area contributed by atoms with Crippen molar-refractivity contribution in [2.75, 3.05) is 0 Å². The van der Waals surface area contributed by atoms with Crippen LogP contribution in [0.3, 0.4) is 0 Å². The molecule has 0 bridgehead atoms. The molecule has 0 fully saturated rings. The van der Waals surface area contributed by atoms with E-state index in [1.54, 1.807) is 0 Å². The first-order chi connectivity index (χ1) is 6.17. The van der Waals surface area contributed by atoms with Crippen LogP contribution in [0.5, 0.6) is 0 Å². The first-order valence-corrected chi connectivity index (χ1v) is 5.41. The quantitative estimate of drug-likeness (QED) is 0.736. The first-order valence-electron chi connectivity index (χ1n) is 5.41. The Labute approximate surface area is 87.7 Å². The molecule has 0 aromatic heterocycles. The molecule has 0 aliphatic heterocycles. The summed E-state index contributed by atoms with van der Waals surface area (Å²) in [7, 11) is 0. The zero-order valence-corrected chi connectivity index (χ0v) is 10.3. The molecule has 0 saturated carbocycles. The highest BCUT2D eigenvalue weighted by molar-refractivity contribution is 5.74. The van der Waals surface area contributed by atoms with Crippen LogP contribution in [-0.2, 0) is 4.79 Å². The van der Waals surface area contributed by atoms with Gasteiger partial charge in [0.25, 0.3) is 0 Å². The number of hydrogen-bond acceptors (Lipinski definition) is 1. The van der Waals surface area contributed by atoms with Gasteiger partial charge >= 0.3 is 5.97 Å². The van der Waals surface area contributed by atoms with Gasteiger partial charge in [-0.05, 0) is 25.2 Å². The summed E-state index contributed by atoms with van der Waals surface area (Å²) >= 11 is 0. The van der Waals surface area contributed by atoms with Crippen molar-refractivity contribution in [2.24, 2.45) is 16.7 Å². The molecular weight excluding hydrogens is 176 g/mol. The molecular formula is C12H24O2. The third kappa shape index (κ3) is 2.28. The molecule has 1 atom stereocenters. The molecule has 2 nitrogen and oxygen atoms in total. The zero-order valence-electron chi connectivity index (χ0n) is 10.3. The van der Waals surface area contributed by atoms with Crippen molar-refractivity contribution in [1.82, 2.24) is 0 Å². The van der Waals surface area contributed by atoms with E-state index in [4.69, 9.17) is 0 Å². The molecule has 2 heteroatoms. The second-order valence-electron chi connectivity index (χ2n) is 5.34. The van der Waals surface area contributed by atoms with Crippen LogP contribution in [0, 0.1) is 16.7 Å². The monoisotopic (exact) mass is 200 g/mol. The summed E-state index contributed by atoms with van der Waals surface area (Å²) in [6.45, 7) is 12.0. The van der Waals surface area contributed by atoms with E-state index < -0.39 is 11.4 Å². The van der Waals surface area contributed by atoms with Crippen molar-refractivity contribution in [3.05, 3.63) is 0 Å². The van der Waals surface area contributed by atoms with Crippen LogP contribution in [-0.4, -0.2) is 11.1 Å². The number of rotatable bonds is 5. The predicted molar refractivity (Wildman–Crippen MR) is 59.3 cm³/mol. The van der Waals surface area contributed by atoms with E-state index in [-0.39, 0.29) is 5.41 Å². The normalized spacial score (nSPS) is 15.3. The van der Waals surface area contributed by atoms with E-state index in [0.717, 1.165) is 12.8 Å². The fraction of sp³-hybridized carbons (Fsp3) is 0.917. The molecule has 0 aromatic carbocycles. The van der Waals surface area contributed by atoms with Crippen molar-refractivity contribution in [1.29, 1.82) is 0 Å². The number of aliphatic carboxylic acids is 1. The van der Waals surface area contributed by atoms with Crippen LogP contribution in [0.2, 0.25) is 0 Å². The molecule has 0 radical (unpaired) electrons. The molecule has 0 saturated heterocycles. The van der Waals surface area contributed by atoms with Gasteiger partial charge in [-0.3, -0.25) is 4.79 Å². The largest absolute Gasteiger partial charge is 0.481 e. The first kappa shape index (κ1) is 13.5. The molecule has 0 rings (SSSR count). The molecule has 0 spiro atoms. The fourth-order valence-electron chi connectivity index (χ4n) is 1.69. The lowest BCUT2D eigenvalue weighted by molar-refractivity contribution is -0.156. The third-order valence-electron chi connectivity index (χ3n) is 4.10. The molecule has 1 unspecified atom stereocenters. The Morgan fingerprint density at radius 1 is 1.29 bits per heavy atom. The maximum atomic E-state index is 11.2. The average Bonchev–Trinajstić information content (AvgIpc) is 2.04. The van der Waals surface area contributed by atoms with Crippen LogP contribution in [0.4, 0.5) is 0 Å². The lowest BCUT2D eigenvalue weighted by Crippen LogP contribution is -2.43. The number of carboxylic acid groups (broad SMARTS) is 1. The lowest BCUT2D eigenvalue weighted by Gasteiger charge is -2.43. The summed E-state index contributed by atoms with van der Waals surface area (Å²) in [6.07, 6.45) is 2.20. The van der Waals surface area contributed by atoms with Gasteiger partial charge in [0.2, 0.25) is 0 Å². The summed E-state index contributed by atoms with van der Waals surface area (Å²) in [5.41, 5.74) is -0.837. The Bertz CT molecular complexity index is 204. The second kappa shape index (κ2) is 4.33. The van der Waals surface area contributed by atoms with E-state index in [0.29, 0.717) is 5.92 Å². The summed E-state index contributed by atoms with van der Waals surface area (Å²) in [5.74, 6) is -0.274. The van der Waals surface area contributed by atoms with E-state index in [2.05, 4.69) is 27.7 Å². The molecule has 0 amide bonds. The van der Waals surface area contributed by atoms with Gasteiger partial charge in [-0.2, -0.15) is 0 Å². The summed E-state index contributed by atoms with van der Waals surface area (Å²) in [4.78, 5) is 11.2. The van der Waals surface area contributed by atoms with Crippen molar-refractivity contribution in [2.45, 2.75) is 54.4 Å². The lowest BCUT2D eigenvalue weighted by atomic mass is 9.60. The highest BCUT2D eigenvalue weighted by Crippen LogP contribution is 2.46. The molecule has 1 N–H and O–H groups in total. The predicted octanol–water partition coefficient (Wildman–Crippen LogP) is 3.56. The van der Waals surface area contributed by atoms with E-state index in [9.17, 15) is 9.90 Å². The Hall–Kier alpha value is -0.530. The van der Waals surface area contributed by atoms with Crippen LogP contribution in [0.15, 0.2) is 0 Å². The summed E-state index contributed by atoms with van der Waals surface area (Å²) in [6, 6.07) is 0. The third-order valence-corrected chi connectivity index (χ3v) is 4.10. The Balaban J connectivity index is 4.83. The highest BCUT2D eigenvalue weighted by Gasteiger charge is 2.46. The van der Waals surface area contributed by atoms with Crippen molar-refractivity contribution in [3.63, 3.8) is 0 Å². The molecule has 0 aliphatic carbocycles. The maximum absolute atomic E-state index is 11.2. The van der Waals surface area contributed by atoms with E-state index >= 15 is 0 Å². The molecule has 14 heavy (non-hydrogen) atoms. The Kier molecular flexibility index (Phi) is 4.16. The van der Waals surface area contributed by atoms with Gasteiger partial charge in [0.1, 0.15) is 0 Å². The SMILES string of the molecule is CCCC(C)C(C)(C)C(C)(C)C(=O)O. The minimum Gasteiger partial charge on any atom is -0.481 e. The zero-order chi connectivity index (χ0) is 11.6. The van der Waals surface area contributed by atoms with Gasteiger partial charge in [0, 0.05) is 0 Å². The topological polar surface area (TPSA) is 37.3 Å². The molecule has 0 aliphatic rings. The van der Waals surface area contributed by atoms with E-state index in [1.807, 2.05) is 13.8 Å². The highest BCUT2D eigenvalue weighted by atomic mass is 16.4. The minimum atomic E-state index is -0.703. The van der Waals surface area contributed by atoms with Gasteiger partial charge in [-0.1, -0.05) is 40.5 Å². The standard InChI is InChI=1S/C12H24O2/c1-7-8-9(2)11(3,4)12(5,6)10(13)14/h9H,7-8H2,1-6H3,(H,13,14). The van der Waals surface area contributed by atoms with E-state index in [1.165, 1.54) is 0 Å². The molecule has 0 aromatic rings. The van der Waals surface area contributed by atoms with Crippen LogP contribution in [0.1, 0.15) is 54.4 Å². The summed E-state index contributed by atoms with van der Waals surface area (Å²) in [5, 5.41) is 9.19. The van der Waals surface area contributed by atoms with Crippen molar-refractivity contribution in [3.8, 4) is 0 Å². The maximum Gasteiger partial charge on any atom is 0.309 e. The summed E-state index contributed by atoms with van der Waals surface area (Å²) < 4.78 is 0. The van der Waals surface area contributed by atoms with Crippen LogP contribution >= 0.6 is 0 Å². The van der Waals surface area contributed by atoms with Crippen LogP contribution in [0.25, 0.3) is 0 Å². The smallest absolute Gasteiger partial charge is 0.309 e. The van der Waals surface area contributed by atoms with Gasteiger partial charge in [0.15, 0.2) is 0 Å². The fourth-order valence-corrected chi connectivity index (χ4v) is 1.69. The van der Waals surface area contributed by atoms with Gasteiger partial charge in [-0.15, -0.1) is 0 Å². The number of carboxylic acids is 1. The van der Waals surface area contributed by atoms with Crippen LogP contribution < -0.4 is 0 Å². The van der Waals surface area contributed by atoms with Gasteiger partial charge < -0.3 is 5.11 Å².